The first kappa shape index (κ1) is 28.7. The van der Waals surface area contributed by atoms with Gasteiger partial charge in [-0.2, -0.15) is 0 Å². The quantitative estimate of drug-likeness (QED) is 0.258. The predicted molar refractivity (Wildman–Crippen MR) is 153 cm³/mol. The molecule has 1 aromatic heterocycles. The van der Waals surface area contributed by atoms with E-state index in [4.69, 9.17) is 23.7 Å². The van der Waals surface area contributed by atoms with Crippen molar-refractivity contribution in [3.8, 4) is 23.0 Å². The Morgan fingerprint density at radius 2 is 1.77 bits per heavy atom. The standard InChI is InChI=1S/C30H32N2O7S/c1-7-14-39-22-12-10-19(15-23(22)36-6)16-25-28(33)32-27(20-11-13-21(35-5)24(17-20)37-8-2)26(29(34)38-9-3)18(4)31-30(32)40-25/h7,10-13,15-17,27H,1,8-9,14H2,2-6H3/b25-16+. The van der Waals surface area contributed by atoms with Gasteiger partial charge in [-0.25, -0.2) is 9.79 Å². The molecule has 0 amide bonds. The fraction of sp³-hybridized carbons (Fsp3) is 0.300. The lowest BCUT2D eigenvalue weighted by atomic mass is 9.95. The fourth-order valence-corrected chi connectivity index (χ4v) is 5.48. The molecule has 2 heterocycles. The Hall–Kier alpha value is -4.31. The molecule has 40 heavy (non-hydrogen) atoms. The smallest absolute Gasteiger partial charge is 0.338 e. The van der Waals surface area contributed by atoms with Gasteiger partial charge in [0.05, 0.1) is 49.3 Å². The molecule has 0 fully saturated rings. The van der Waals surface area contributed by atoms with E-state index < -0.39 is 12.0 Å². The monoisotopic (exact) mass is 564 g/mol. The van der Waals surface area contributed by atoms with Gasteiger partial charge in [0.25, 0.3) is 5.56 Å². The van der Waals surface area contributed by atoms with Gasteiger partial charge in [-0.05, 0) is 62.2 Å². The van der Waals surface area contributed by atoms with Crippen molar-refractivity contribution in [1.29, 1.82) is 0 Å². The molecule has 3 aromatic rings. The molecule has 0 radical (unpaired) electrons. The zero-order valence-electron chi connectivity index (χ0n) is 23.2. The number of aromatic nitrogens is 1. The summed E-state index contributed by atoms with van der Waals surface area (Å²) in [6.07, 6.45) is 3.42. The molecule has 0 saturated heterocycles. The van der Waals surface area contributed by atoms with E-state index in [0.29, 0.717) is 62.4 Å². The van der Waals surface area contributed by atoms with Crippen molar-refractivity contribution < 1.29 is 28.5 Å². The number of nitrogens with zero attached hydrogens (tertiary/aromatic N) is 2. The number of hydrogen-bond acceptors (Lipinski definition) is 9. The van der Waals surface area contributed by atoms with Crippen LogP contribution in [0.4, 0.5) is 0 Å². The lowest BCUT2D eigenvalue weighted by molar-refractivity contribution is -0.139. The number of fused-ring (bicyclic) bond motifs is 1. The molecule has 2 aromatic carbocycles. The highest BCUT2D eigenvalue weighted by Crippen LogP contribution is 2.36. The molecule has 1 atom stereocenters. The highest BCUT2D eigenvalue weighted by molar-refractivity contribution is 7.07. The number of esters is 1. The van der Waals surface area contributed by atoms with Crippen LogP contribution in [0.2, 0.25) is 0 Å². The van der Waals surface area contributed by atoms with E-state index in [1.54, 1.807) is 64.5 Å². The molecule has 0 spiro atoms. The van der Waals surface area contributed by atoms with E-state index in [1.807, 2.05) is 19.1 Å². The van der Waals surface area contributed by atoms with Crippen molar-refractivity contribution >= 4 is 23.4 Å². The molecular formula is C30H32N2O7S. The fourth-order valence-electron chi connectivity index (χ4n) is 4.43. The van der Waals surface area contributed by atoms with E-state index in [-0.39, 0.29) is 12.2 Å². The van der Waals surface area contributed by atoms with Gasteiger partial charge < -0.3 is 23.7 Å². The maximum absolute atomic E-state index is 13.9. The zero-order chi connectivity index (χ0) is 28.8. The summed E-state index contributed by atoms with van der Waals surface area (Å²) >= 11 is 1.24. The van der Waals surface area contributed by atoms with Crippen LogP contribution in [0.3, 0.4) is 0 Å². The van der Waals surface area contributed by atoms with Crippen LogP contribution in [-0.4, -0.2) is 44.6 Å². The van der Waals surface area contributed by atoms with Crippen LogP contribution < -0.4 is 33.8 Å². The molecule has 1 aliphatic rings. The SMILES string of the molecule is C=CCOc1ccc(/C=c2/sc3n(c2=O)C(c2ccc(OC)c(OCC)c2)C(C(=O)OCC)=C(C)N=3)cc1OC. The second kappa shape index (κ2) is 12.7. The van der Waals surface area contributed by atoms with Gasteiger partial charge in [-0.3, -0.25) is 9.36 Å². The average Bonchev–Trinajstić information content (AvgIpc) is 3.25. The van der Waals surface area contributed by atoms with Crippen molar-refractivity contribution in [3.05, 3.63) is 91.1 Å². The summed E-state index contributed by atoms with van der Waals surface area (Å²) in [5.41, 5.74) is 1.89. The minimum absolute atomic E-state index is 0.188. The Morgan fingerprint density at radius 1 is 1.02 bits per heavy atom. The number of allylic oxidation sites excluding steroid dienone is 1. The van der Waals surface area contributed by atoms with Crippen molar-refractivity contribution in [2.24, 2.45) is 4.99 Å². The third-order valence-corrected chi connectivity index (χ3v) is 7.15. The summed E-state index contributed by atoms with van der Waals surface area (Å²) in [5, 5.41) is 0. The molecule has 4 rings (SSSR count). The van der Waals surface area contributed by atoms with Crippen LogP contribution in [0.1, 0.15) is 37.9 Å². The van der Waals surface area contributed by atoms with Crippen LogP contribution in [-0.2, 0) is 9.53 Å². The summed E-state index contributed by atoms with van der Waals surface area (Å²) in [6.45, 7) is 9.97. The third-order valence-electron chi connectivity index (χ3n) is 6.16. The number of carbonyl (C=O) groups excluding carboxylic acids is 1. The lowest BCUT2D eigenvalue weighted by Gasteiger charge is -2.25. The van der Waals surface area contributed by atoms with Crippen LogP contribution >= 0.6 is 11.3 Å². The van der Waals surface area contributed by atoms with Gasteiger partial charge in [0, 0.05) is 0 Å². The summed E-state index contributed by atoms with van der Waals surface area (Å²) in [5.74, 6) is 1.62. The number of hydrogen-bond donors (Lipinski definition) is 0. The number of ether oxygens (including phenoxy) is 5. The maximum Gasteiger partial charge on any atom is 0.338 e. The van der Waals surface area contributed by atoms with Crippen molar-refractivity contribution in [1.82, 2.24) is 4.57 Å². The normalized spacial score (nSPS) is 14.7. The lowest BCUT2D eigenvalue weighted by Crippen LogP contribution is -2.40. The Balaban J connectivity index is 1.90. The van der Waals surface area contributed by atoms with E-state index in [1.165, 1.54) is 15.9 Å². The van der Waals surface area contributed by atoms with Gasteiger partial charge >= 0.3 is 5.97 Å². The summed E-state index contributed by atoms with van der Waals surface area (Å²) in [6, 6.07) is 10.0. The number of rotatable bonds is 11. The van der Waals surface area contributed by atoms with Crippen molar-refractivity contribution in [2.75, 3.05) is 34.0 Å². The number of methoxy groups -OCH3 is 2. The highest BCUT2D eigenvalue weighted by Gasteiger charge is 2.34. The minimum Gasteiger partial charge on any atom is -0.493 e. The summed E-state index contributed by atoms with van der Waals surface area (Å²) in [7, 11) is 3.11. The second-order valence-electron chi connectivity index (χ2n) is 8.66. The van der Waals surface area contributed by atoms with Crippen LogP contribution in [0.15, 0.2) is 70.1 Å². The van der Waals surface area contributed by atoms with Crippen LogP contribution in [0.25, 0.3) is 6.08 Å². The molecule has 9 nitrogen and oxygen atoms in total. The number of carbonyl (C=O) groups is 1. The molecule has 0 N–H and O–H groups in total. The summed E-state index contributed by atoms with van der Waals surface area (Å²) < 4.78 is 29.7. The first-order valence-corrected chi connectivity index (χ1v) is 13.6. The zero-order valence-corrected chi connectivity index (χ0v) is 24.0. The largest absolute Gasteiger partial charge is 0.493 e. The van der Waals surface area contributed by atoms with Crippen molar-refractivity contribution in [3.63, 3.8) is 0 Å². The van der Waals surface area contributed by atoms with E-state index in [2.05, 4.69) is 11.6 Å². The first-order valence-electron chi connectivity index (χ1n) is 12.8. The number of benzene rings is 2. The molecule has 0 saturated carbocycles. The van der Waals surface area contributed by atoms with Gasteiger partial charge in [0.1, 0.15) is 6.61 Å². The maximum atomic E-state index is 13.9. The molecular weight excluding hydrogens is 532 g/mol. The molecule has 210 valence electrons. The molecule has 1 aliphatic heterocycles. The topological polar surface area (TPSA) is 97.6 Å². The third kappa shape index (κ3) is 5.67. The molecule has 1 unspecified atom stereocenters. The van der Waals surface area contributed by atoms with Crippen molar-refractivity contribution in [2.45, 2.75) is 26.8 Å². The minimum atomic E-state index is -0.772. The molecule has 10 heteroatoms. The van der Waals surface area contributed by atoms with Crippen LogP contribution in [0.5, 0.6) is 23.0 Å². The average molecular weight is 565 g/mol. The summed E-state index contributed by atoms with van der Waals surface area (Å²) in [4.78, 5) is 32.2. The second-order valence-corrected chi connectivity index (χ2v) is 9.66. The highest BCUT2D eigenvalue weighted by atomic mass is 32.1. The predicted octanol–water partition coefficient (Wildman–Crippen LogP) is 3.78. The van der Waals surface area contributed by atoms with E-state index >= 15 is 0 Å². The molecule has 0 bridgehead atoms. The van der Waals surface area contributed by atoms with Gasteiger partial charge in [0.15, 0.2) is 27.8 Å². The van der Waals surface area contributed by atoms with Crippen LogP contribution in [0, 0.1) is 0 Å². The Labute approximate surface area is 236 Å². The Bertz CT molecular complexity index is 1630. The molecule has 0 aliphatic carbocycles. The van der Waals surface area contributed by atoms with E-state index in [9.17, 15) is 9.59 Å². The van der Waals surface area contributed by atoms with Gasteiger partial charge in [-0.1, -0.05) is 36.1 Å². The number of thiazole rings is 1. The van der Waals surface area contributed by atoms with E-state index in [0.717, 1.165) is 5.56 Å². The Morgan fingerprint density at radius 3 is 2.45 bits per heavy atom. The van der Waals surface area contributed by atoms with Gasteiger partial charge in [-0.15, -0.1) is 0 Å². The Kier molecular flexibility index (Phi) is 9.11. The first-order chi connectivity index (χ1) is 19.4. The van der Waals surface area contributed by atoms with Gasteiger partial charge in [0.2, 0.25) is 0 Å².